The monoisotopic (exact) mass is 348 g/mol. The largest absolute Gasteiger partial charge is 0.497 e. The summed E-state index contributed by atoms with van der Waals surface area (Å²) in [7, 11) is 1.62. The van der Waals surface area contributed by atoms with Gasteiger partial charge in [-0.3, -0.25) is 14.2 Å². The number of hydrogen-bond acceptors (Lipinski definition) is 5. The zero-order chi connectivity index (χ0) is 17.4. The van der Waals surface area contributed by atoms with E-state index in [1.54, 1.807) is 13.3 Å². The first-order valence-electron chi connectivity index (χ1n) is 7.48. The van der Waals surface area contributed by atoms with Crippen molar-refractivity contribution >= 4 is 23.6 Å². The topological polar surface area (TPSA) is 85.3 Å². The summed E-state index contributed by atoms with van der Waals surface area (Å²) < 4.78 is 7.03. The Hall–Kier alpha value is -2.48. The van der Waals surface area contributed by atoms with Crippen LogP contribution < -0.4 is 15.4 Å². The highest BCUT2D eigenvalue weighted by Crippen LogP contribution is 2.22. The molecule has 2 amide bonds. The van der Waals surface area contributed by atoms with Crippen LogP contribution in [0.2, 0.25) is 0 Å². The lowest BCUT2D eigenvalue weighted by molar-refractivity contribution is -0.124. The number of nitrogens with zero attached hydrogens (tertiary/aromatic N) is 2. The van der Waals surface area contributed by atoms with Crippen molar-refractivity contribution in [2.45, 2.75) is 12.1 Å². The molecule has 24 heavy (non-hydrogen) atoms. The number of imidazole rings is 1. The molecule has 0 aliphatic heterocycles. The predicted octanol–water partition coefficient (Wildman–Crippen LogP) is 1.23. The number of benzene rings is 1. The number of carbonyl (C=O) groups excluding carboxylic acids is 2. The third-order valence-corrected chi connectivity index (χ3v) is 4.08. The number of amides is 2. The van der Waals surface area contributed by atoms with E-state index in [9.17, 15) is 9.59 Å². The summed E-state index contributed by atoms with van der Waals surface area (Å²) in [6, 6.07) is 7.56. The summed E-state index contributed by atoms with van der Waals surface area (Å²) >= 11 is 1.31. The van der Waals surface area contributed by atoms with E-state index in [4.69, 9.17) is 4.74 Å². The first kappa shape index (κ1) is 17.9. The van der Waals surface area contributed by atoms with Gasteiger partial charge >= 0.3 is 0 Å². The quantitative estimate of drug-likeness (QED) is 0.701. The molecule has 1 aromatic heterocycles. The van der Waals surface area contributed by atoms with Crippen molar-refractivity contribution in [3.05, 3.63) is 36.7 Å². The summed E-state index contributed by atoms with van der Waals surface area (Å²) in [6.45, 7) is 2.36. The highest BCUT2D eigenvalue weighted by atomic mass is 32.2. The average molecular weight is 348 g/mol. The predicted molar refractivity (Wildman–Crippen MR) is 92.5 cm³/mol. The van der Waals surface area contributed by atoms with Crippen molar-refractivity contribution in [2.24, 2.45) is 0 Å². The van der Waals surface area contributed by atoms with Crippen molar-refractivity contribution in [3.63, 3.8) is 0 Å². The molecule has 7 nitrogen and oxygen atoms in total. The van der Waals surface area contributed by atoms with Crippen LogP contribution in [0.3, 0.4) is 0 Å². The molecule has 1 heterocycles. The van der Waals surface area contributed by atoms with Gasteiger partial charge in [0.15, 0.2) is 5.16 Å². The molecule has 0 saturated carbocycles. The standard InChI is InChI=1S/C16H20N4O3S/c1-3-17-14(21)10-19-15(22)11-24-16-18-8-9-20(16)12-4-6-13(23-2)7-5-12/h4-9H,3,10-11H2,1-2H3,(H,17,21)(H,19,22). The van der Waals surface area contributed by atoms with Crippen molar-refractivity contribution in [3.8, 4) is 11.4 Å². The van der Waals surface area contributed by atoms with Crippen molar-refractivity contribution in [1.29, 1.82) is 0 Å². The van der Waals surface area contributed by atoms with Crippen molar-refractivity contribution in [1.82, 2.24) is 20.2 Å². The second-order valence-electron chi connectivity index (χ2n) is 4.80. The Bertz CT molecular complexity index is 685. The van der Waals surface area contributed by atoms with E-state index in [2.05, 4.69) is 15.6 Å². The molecule has 2 N–H and O–H groups in total. The average Bonchev–Trinajstić information content (AvgIpc) is 3.07. The van der Waals surface area contributed by atoms with Gasteiger partial charge in [-0.15, -0.1) is 0 Å². The minimum atomic E-state index is -0.212. The first-order valence-corrected chi connectivity index (χ1v) is 8.46. The number of thioether (sulfide) groups is 1. The summed E-state index contributed by atoms with van der Waals surface area (Å²) in [4.78, 5) is 27.4. The molecule has 0 aliphatic rings. The number of rotatable bonds is 8. The van der Waals surface area contributed by atoms with Crippen LogP contribution >= 0.6 is 11.8 Å². The highest BCUT2D eigenvalue weighted by Gasteiger charge is 2.10. The van der Waals surface area contributed by atoms with Gasteiger partial charge in [0.1, 0.15) is 5.75 Å². The van der Waals surface area contributed by atoms with Gasteiger partial charge in [0.05, 0.1) is 19.4 Å². The van der Waals surface area contributed by atoms with Gasteiger partial charge in [0.2, 0.25) is 11.8 Å². The minimum Gasteiger partial charge on any atom is -0.497 e. The lowest BCUT2D eigenvalue weighted by Gasteiger charge is -2.09. The molecule has 0 fully saturated rings. The summed E-state index contributed by atoms with van der Waals surface area (Å²) in [6.07, 6.45) is 3.51. The van der Waals surface area contributed by atoms with Crippen LogP contribution in [0.5, 0.6) is 5.75 Å². The molecule has 2 rings (SSSR count). The molecule has 0 radical (unpaired) electrons. The van der Waals surface area contributed by atoms with Gasteiger partial charge in [0, 0.05) is 24.6 Å². The molecule has 0 saturated heterocycles. The lowest BCUT2D eigenvalue weighted by Crippen LogP contribution is -2.37. The smallest absolute Gasteiger partial charge is 0.239 e. The third kappa shape index (κ3) is 5.02. The molecular weight excluding hydrogens is 328 g/mol. The van der Waals surface area contributed by atoms with Gasteiger partial charge in [-0.05, 0) is 31.2 Å². The van der Waals surface area contributed by atoms with Crippen molar-refractivity contribution in [2.75, 3.05) is 26.0 Å². The Balaban J connectivity index is 1.91. The fourth-order valence-corrected chi connectivity index (χ4v) is 2.76. The van der Waals surface area contributed by atoms with Gasteiger partial charge in [0.25, 0.3) is 0 Å². The number of methoxy groups -OCH3 is 1. The summed E-state index contributed by atoms with van der Waals surface area (Å²) in [5.41, 5.74) is 0.929. The van der Waals surface area contributed by atoms with Gasteiger partial charge in [-0.2, -0.15) is 0 Å². The van der Waals surface area contributed by atoms with E-state index < -0.39 is 0 Å². The van der Waals surface area contributed by atoms with Crippen molar-refractivity contribution < 1.29 is 14.3 Å². The van der Waals surface area contributed by atoms with Gasteiger partial charge in [-0.1, -0.05) is 11.8 Å². The van der Waals surface area contributed by atoms with Crippen LogP contribution in [0, 0.1) is 0 Å². The second kappa shape index (κ2) is 8.97. The van der Waals surface area contributed by atoms with Gasteiger partial charge < -0.3 is 15.4 Å². The SMILES string of the molecule is CCNC(=O)CNC(=O)CSc1nccn1-c1ccc(OC)cc1. The van der Waals surface area contributed by atoms with E-state index in [0.29, 0.717) is 11.7 Å². The normalized spacial score (nSPS) is 10.2. The van der Waals surface area contributed by atoms with Crippen LogP contribution in [0.1, 0.15) is 6.92 Å². The number of likely N-dealkylation sites (N-methyl/N-ethyl adjacent to an activating group) is 1. The number of hydrogen-bond donors (Lipinski definition) is 2. The molecular formula is C16H20N4O3S. The molecule has 0 atom stereocenters. The Morgan fingerprint density at radius 3 is 2.62 bits per heavy atom. The van der Waals surface area contributed by atoms with Crippen LogP contribution in [0.4, 0.5) is 0 Å². The number of ether oxygens (including phenoxy) is 1. The van der Waals surface area contributed by atoms with Gasteiger partial charge in [-0.25, -0.2) is 4.98 Å². The van der Waals surface area contributed by atoms with Crippen LogP contribution in [0.25, 0.3) is 5.69 Å². The van der Waals surface area contributed by atoms with E-state index in [-0.39, 0.29) is 24.1 Å². The van der Waals surface area contributed by atoms with Crippen LogP contribution in [0.15, 0.2) is 41.8 Å². The minimum absolute atomic E-state index is 0.0137. The zero-order valence-electron chi connectivity index (χ0n) is 13.6. The lowest BCUT2D eigenvalue weighted by atomic mass is 10.3. The van der Waals surface area contributed by atoms with E-state index in [1.165, 1.54) is 11.8 Å². The van der Waals surface area contributed by atoms with E-state index >= 15 is 0 Å². The van der Waals surface area contributed by atoms with Crippen LogP contribution in [-0.2, 0) is 9.59 Å². The maximum Gasteiger partial charge on any atom is 0.239 e. The zero-order valence-corrected chi connectivity index (χ0v) is 14.4. The molecule has 1 aromatic carbocycles. The molecule has 0 bridgehead atoms. The second-order valence-corrected chi connectivity index (χ2v) is 5.74. The van der Waals surface area contributed by atoms with E-state index in [1.807, 2.05) is 42.0 Å². The van der Waals surface area contributed by atoms with Crippen LogP contribution in [-0.4, -0.2) is 47.3 Å². The first-order chi connectivity index (χ1) is 11.6. The highest BCUT2D eigenvalue weighted by molar-refractivity contribution is 7.99. The summed E-state index contributed by atoms with van der Waals surface area (Å²) in [5.74, 6) is 0.552. The molecule has 128 valence electrons. The molecule has 0 unspecified atom stereocenters. The maximum atomic E-state index is 11.8. The number of aromatic nitrogens is 2. The van der Waals surface area contributed by atoms with E-state index in [0.717, 1.165) is 11.4 Å². The fourth-order valence-electron chi connectivity index (χ4n) is 1.96. The fraction of sp³-hybridized carbons (Fsp3) is 0.312. The Kier molecular flexibility index (Phi) is 6.68. The Morgan fingerprint density at radius 1 is 1.21 bits per heavy atom. The number of carbonyl (C=O) groups is 2. The molecule has 2 aromatic rings. The third-order valence-electron chi connectivity index (χ3n) is 3.11. The molecule has 0 spiro atoms. The molecule has 8 heteroatoms. The maximum absolute atomic E-state index is 11.8. The Labute approximate surface area is 144 Å². The number of nitrogens with one attached hydrogen (secondary N) is 2. The summed E-state index contributed by atoms with van der Waals surface area (Å²) in [5, 5.41) is 5.90. The molecule has 0 aliphatic carbocycles. The Morgan fingerprint density at radius 2 is 1.96 bits per heavy atom.